The fourth-order valence-corrected chi connectivity index (χ4v) is 1.56. The molecule has 0 aromatic heterocycles. The van der Waals surface area contributed by atoms with E-state index in [4.69, 9.17) is 10.9 Å². The number of phenolic OH excluding ortho intramolecular Hbond substituents is 2. The predicted octanol–water partition coefficient (Wildman–Crippen LogP) is -0.510. The first-order valence-electron chi connectivity index (χ1n) is 5.66. The van der Waals surface area contributed by atoms with Crippen molar-refractivity contribution >= 4 is 11.9 Å². The minimum atomic E-state index is -1.36. The summed E-state index contributed by atoms with van der Waals surface area (Å²) in [7, 11) is 0. The lowest BCUT2D eigenvalue weighted by Gasteiger charge is -2.26. The minimum Gasteiger partial charge on any atom is -0.504 e. The third kappa shape index (κ3) is 3.84. The average molecular weight is 284 g/mol. The first kappa shape index (κ1) is 15.7. The number of esters is 1. The van der Waals surface area contributed by atoms with Crippen molar-refractivity contribution in [2.45, 2.75) is 18.9 Å². The zero-order valence-electron chi connectivity index (χ0n) is 10.8. The number of rotatable bonds is 6. The van der Waals surface area contributed by atoms with Crippen LogP contribution in [0, 0.1) is 0 Å². The summed E-state index contributed by atoms with van der Waals surface area (Å²) in [6.07, 6.45) is 0.0375. The molecule has 0 radical (unpaired) electrons. The van der Waals surface area contributed by atoms with E-state index in [1.165, 1.54) is 25.1 Å². The van der Waals surface area contributed by atoms with Crippen LogP contribution in [-0.4, -0.2) is 39.4 Å². The number of carbonyl (C=O) groups excluding carboxylic acids is 1. The average Bonchev–Trinajstić information content (AvgIpc) is 2.40. The Morgan fingerprint density at radius 1 is 1.35 bits per heavy atom. The van der Waals surface area contributed by atoms with Gasteiger partial charge in [0, 0.05) is 6.42 Å². The molecule has 0 aliphatic rings. The summed E-state index contributed by atoms with van der Waals surface area (Å²) in [6.45, 7) is 0.665. The van der Waals surface area contributed by atoms with Gasteiger partial charge in [0.2, 0.25) is 0 Å². The largest absolute Gasteiger partial charge is 0.504 e. The van der Waals surface area contributed by atoms with Crippen LogP contribution in [0.5, 0.6) is 11.5 Å². The summed E-state index contributed by atoms with van der Waals surface area (Å²) in [5.41, 5.74) is 1.42. The summed E-state index contributed by atoms with van der Waals surface area (Å²) in [5.74, 6) is 2.58. The van der Waals surface area contributed by atoms with Gasteiger partial charge in [0.1, 0.15) is 5.54 Å². The van der Waals surface area contributed by atoms with E-state index >= 15 is 0 Å². The van der Waals surface area contributed by atoms with E-state index in [0.717, 1.165) is 0 Å². The van der Waals surface area contributed by atoms with Gasteiger partial charge in [-0.1, -0.05) is 6.07 Å². The van der Waals surface area contributed by atoms with Gasteiger partial charge in [-0.05, 0) is 24.6 Å². The van der Waals surface area contributed by atoms with E-state index in [1.54, 1.807) is 0 Å². The second-order valence-electron chi connectivity index (χ2n) is 4.45. The highest BCUT2D eigenvalue weighted by atomic mass is 16.6. The maximum Gasteiger partial charge on any atom is 0.341 e. The van der Waals surface area contributed by atoms with Crippen molar-refractivity contribution in [3.63, 3.8) is 0 Å². The molecular weight excluding hydrogens is 268 g/mol. The first-order valence-corrected chi connectivity index (χ1v) is 5.66. The minimum absolute atomic E-state index is 0.0375. The Morgan fingerprint density at radius 2 is 2.00 bits per heavy atom. The van der Waals surface area contributed by atoms with E-state index in [2.05, 4.69) is 10.2 Å². The number of benzene rings is 1. The van der Waals surface area contributed by atoms with Gasteiger partial charge in [0.05, 0.1) is 0 Å². The van der Waals surface area contributed by atoms with E-state index in [9.17, 15) is 19.8 Å². The zero-order valence-corrected chi connectivity index (χ0v) is 10.8. The number of phenols is 2. The van der Waals surface area contributed by atoms with Crippen molar-refractivity contribution in [2.24, 2.45) is 5.84 Å². The number of hydrogen-bond acceptors (Lipinski definition) is 7. The van der Waals surface area contributed by atoms with Gasteiger partial charge in [-0.25, -0.2) is 15.0 Å². The lowest BCUT2D eigenvalue weighted by Crippen LogP contribution is -2.55. The number of aliphatic carboxylic acids is 1. The normalized spacial score (nSPS) is 13.5. The Labute approximate surface area is 114 Å². The van der Waals surface area contributed by atoms with Gasteiger partial charge in [-0.15, -0.1) is 0 Å². The van der Waals surface area contributed by atoms with Gasteiger partial charge in [-0.2, -0.15) is 0 Å². The van der Waals surface area contributed by atoms with Crippen LogP contribution in [0.1, 0.15) is 12.5 Å². The second kappa shape index (κ2) is 6.22. The van der Waals surface area contributed by atoms with Crippen LogP contribution in [-0.2, 0) is 20.7 Å². The lowest BCUT2D eigenvalue weighted by atomic mass is 9.93. The number of nitrogens with one attached hydrogen (secondary N) is 1. The molecule has 6 N–H and O–H groups in total. The van der Waals surface area contributed by atoms with E-state index in [0.29, 0.717) is 5.56 Å². The number of hydrazine groups is 1. The summed E-state index contributed by atoms with van der Waals surface area (Å²) in [4.78, 5) is 22.2. The molecule has 0 aliphatic carbocycles. The van der Waals surface area contributed by atoms with Crippen molar-refractivity contribution in [3.8, 4) is 11.5 Å². The molecule has 1 rings (SSSR count). The fourth-order valence-electron chi connectivity index (χ4n) is 1.56. The molecule has 0 amide bonds. The number of carboxylic acid groups (broad SMARTS) is 1. The molecule has 8 heteroatoms. The number of ether oxygens (including phenoxy) is 1. The van der Waals surface area contributed by atoms with Crippen LogP contribution < -0.4 is 11.3 Å². The Balaban J connectivity index is 2.85. The third-order valence-electron chi connectivity index (χ3n) is 2.69. The van der Waals surface area contributed by atoms with Gasteiger partial charge >= 0.3 is 11.9 Å². The molecule has 0 bridgehead atoms. The molecule has 1 unspecified atom stereocenters. The number of hydrogen-bond donors (Lipinski definition) is 5. The van der Waals surface area contributed by atoms with Gasteiger partial charge < -0.3 is 20.1 Å². The molecule has 0 aliphatic heterocycles. The van der Waals surface area contributed by atoms with Crippen molar-refractivity contribution in [2.75, 3.05) is 6.61 Å². The highest BCUT2D eigenvalue weighted by Crippen LogP contribution is 2.26. The molecule has 0 saturated carbocycles. The standard InChI is InChI=1S/C12H16N2O6/c1-12(14-13,11(19)20-6-10(17)18)5-7-2-3-8(15)9(16)4-7/h2-4,14-16H,5-6,13H2,1H3,(H,17,18). The smallest absolute Gasteiger partial charge is 0.341 e. The quantitative estimate of drug-likeness (QED) is 0.203. The Kier molecular flexibility index (Phi) is 4.89. The van der Waals surface area contributed by atoms with Crippen LogP contribution in [0.3, 0.4) is 0 Å². The van der Waals surface area contributed by atoms with Gasteiger partial charge in [-0.3, -0.25) is 5.84 Å². The Morgan fingerprint density at radius 3 is 2.50 bits per heavy atom. The molecule has 0 fully saturated rings. The molecule has 0 heterocycles. The lowest BCUT2D eigenvalue weighted by molar-refractivity contribution is -0.159. The molecule has 8 nitrogen and oxygen atoms in total. The maximum absolute atomic E-state index is 11.8. The summed E-state index contributed by atoms with van der Waals surface area (Å²) in [6, 6.07) is 4.04. The van der Waals surface area contributed by atoms with Crippen molar-refractivity contribution in [1.82, 2.24) is 5.43 Å². The molecule has 20 heavy (non-hydrogen) atoms. The number of nitrogens with two attached hydrogens (primary N) is 1. The maximum atomic E-state index is 11.8. The number of carboxylic acids is 1. The molecule has 110 valence electrons. The Hall–Kier alpha value is -2.32. The van der Waals surface area contributed by atoms with E-state index in [-0.39, 0.29) is 17.9 Å². The van der Waals surface area contributed by atoms with E-state index in [1.807, 2.05) is 0 Å². The monoisotopic (exact) mass is 284 g/mol. The fraction of sp³-hybridized carbons (Fsp3) is 0.333. The molecule has 0 saturated heterocycles. The molecule has 1 aromatic rings. The zero-order chi connectivity index (χ0) is 15.3. The molecule has 1 atom stereocenters. The van der Waals surface area contributed by atoms with Crippen LogP contribution in [0.2, 0.25) is 0 Å². The summed E-state index contributed by atoms with van der Waals surface area (Å²) < 4.78 is 4.59. The van der Waals surface area contributed by atoms with Gasteiger partial charge in [0.25, 0.3) is 0 Å². The third-order valence-corrected chi connectivity index (χ3v) is 2.69. The number of carbonyl (C=O) groups is 2. The summed E-state index contributed by atoms with van der Waals surface area (Å²) >= 11 is 0. The Bertz CT molecular complexity index is 519. The van der Waals surface area contributed by atoms with Crippen molar-refractivity contribution in [3.05, 3.63) is 23.8 Å². The highest BCUT2D eigenvalue weighted by molar-refractivity contribution is 5.83. The summed E-state index contributed by atoms with van der Waals surface area (Å²) in [5, 5.41) is 27.1. The van der Waals surface area contributed by atoms with Crippen molar-refractivity contribution in [1.29, 1.82) is 0 Å². The predicted molar refractivity (Wildman–Crippen MR) is 67.8 cm³/mol. The molecular formula is C12H16N2O6. The van der Waals surface area contributed by atoms with E-state index < -0.39 is 24.1 Å². The highest BCUT2D eigenvalue weighted by Gasteiger charge is 2.34. The van der Waals surface area contributed by atoms with Crippen LogP contribution in [0.15, 0.2) is 18.2 Å². The second-order valence-corrected chi connectivity index (χ2v) is 4.45. The first-order chi connectivity index (χ1) is 9.28. The van der Waals surface area contributed by atoms with Crippen molar-refractivity contribution < 1.29 is 29.6 Å². The SMILES string of the molecule is CC(Cc1ccc(O)c(O)c1)(NN)C(=O)OCC(=O)O. The van der Waals surface area contributed by atoms with Crippen LogP contribution in [0.25, 0.3) is 0 Å². The van der Waals surface area contributed by atoms with Crippen LogP contribution in [0.4, 0.5) is 0 Å². The molecule has 1 aromatic carbocycles. The van der Waals surface area contributed by atoms with Gasteiger partial charge in [0.15, 0.2) is 18.1 Å². The number of aromatic hydroxyl groups is 2. The van der Waals surface area contributed by atoms with Crippen LogP contribution >= 0.6 is 0 Å². The molecule has 0 spiro atoms. The topological polar surface area (TPSA) is 142 Å².